The summed E-state index contributed by atoms with van der Waals surface area (Å²) >= 11 is 1.34. The lowest BCUT2D eigenvalue weighted by atomic mass is 10.2. The summed E-state index contributed by atoms with van der Waals surface area (Å²) in [5, 5.41) is 29.8. The van der Waals surface area contributed by atoms with Gasteiger partial charge in [-0.3, -0.25) is 15.1 Å². The van der Waals surface area contributed by atoms with Crippen molar-refractivity contribution in [3.05, 3.63) is 40.1 Å². The number of hydrogen-bond acceptors (Lipinski definition) is 6. The van der Waals surface area contributed by atoms with Gasteiger partial charge < -0.3 is 10.2 Å². The molecule has 1 atom stereocenters. The Bertz CT molecular complexity index is 648. The van der Waals surface area contributed by atoms with Gasteiger partial charge in [0.1, 0.15) is 0 Å². The molecule has 6 nitrogen and oxygen atoms in total. The molecule has 7 heteroatoms. The Morgan fingerprint density at radius 2 is 2.20 bits per heavy atom. The zero-order chi connectivity index (χ0) is 14.7. The number of aryl methyl sites for hydroxylation is 1. The van der Waals surface area contributed by atoms with Crippen LogP contribution >= 0.6 is 11.8 Å². The second-order valence-corrected chi connectivity index (χ2v) is 5.43. The number of benzene rings is 1. The van der Waals surface area contributed by atoms with Crippen LogP contribution in [0.25, 0.3) is 10.9 Å². The summed E-state index contributed by atoms with van der Waals surface area (Å²) in [6, 6.07) is 6.34. The minimum atomic E-state index is -0.817. The van der Waals surface area contributed by atoms with Crippen LogP contribution in [0.4, 0.5) is 5.69 Å². The Kier molecular flexibility index (Phi) is 4.53. The van der Waals surface area contributed by atoms with E-state index in [0.29, 0.717) is 16.7 Å². The molecule has 20 heavy (non-hydrogen) atoms. The van der Waals surface area contributed by atoms with E-state index in [1.54, 1.807) is 6.07 Å². The molecule has 2 aromatic rings. The van der Waals surface area contributed by atoms with Crippen LogP contribution in [0.15, 0.2) is 29.2 Å². The number of hydrogen-bond donors (Lipinski definition) is 2. The Labute approximate surface area is 119 Å². The number of thioether (sulfide) groups is 1. The predicted octanol–water partition coefficient (Wildman–Crippen LogP) is 1.90. The van der Waals surface area contributed by atoms with Crippen LogP contribution in [-0.4, -0.2) is 38.6 Å². The Morgan fingerprint density at radius 3 is 2.85 bits per heavy atom. The molecule has 0 saturated carbocycles. The molecule has 1 aromatic carbocycles. The van der Waals surface area contributed by atoms with Gasteiger partial charge in [-0.25, -0.2) is 0 Å². The standard InChI is InChI=1S/C13H14N2O4S/c1-8-4-13(20-7-10(17)6-16)11-5-9(15(18)19)2-3-12(11)14-8/h2-5,10,16-17H,6-7H2,1H3. The van der Waals surface area contributed by atoms with E-state index in [0.717, 1.165) is 10.6 Å². The van der Waals surface area contributed by atoms with Gasteiger partial charge in [0.2, 0.25) is 0 Å². The number of rotatable bonds is 5. The summed E-state index contributed by atoms with van der Waals surface area (Å²) in [7, 11) is 0. The molecule has 0 spiro atoms. The van der Waals surface area contributed by atoms with Crippen molar-refractivity contribution in [1.29, 1.82) is 0 Å². The van der Waals surface area contributed by atoms with Crippen LogP contribution < -0.4 is 0 Å². The molecule has 106 valence electrons. The van der Waals surface area contributed by atoms with Crippen molar-refractivity contribution in [2.75, 3.05) is 12.4 Å². The third kappa shape index (κ3) is 3.24. The zero-order valence-electron chi connectivity index (χ0n) is 10.8. The first-order valence-electron chi connectivity index (χ1n) is 5.99. The predicted molar refractivity (Wildman–Crippen MR) is 77.0 cm³/mol. The first kappa shape index (κ1) is 14.7. The van der Waals surface area contributed by atoms with Gasteiger partial charge in [0, 0.05) is 33.9 Å². The molecule has 2 N–H and O–H groups in total. The number of non-ortho nitro benzene ring substituents is 1. The molecule has 0 amide bonds. The summed E-state index contributed by atoms with van der Waals surface area (Å²) in [6.45, 7) is 1.53. The lowest BCUT2D eigenvalue weighted by Crippen LogP contribution is -2.14. The highest BCUT2D eigenvalue weighted by Crippen LogP contribution is 2.30. The smallest absolute Gasteiger partial charge is 0.270 e. The van der Waals surface area contributed by atoms with E-state index in [1.807, 2.05) is 13.0 Å². The van der Waals surface area contributed by atoms with Crippen molar-refractivity contribution in [3.63, 3.8) is 0 Å². The number of aliphatic hydroxyl groups excluding tert-OH is 2. The van der Waals surface area contributed by atoms with E-state index in [9.17, 15) is 15.2 Å². The van der Waals surface area contributed by atoms with Crippen LogP contribution in [0, 0.1) is 17.0 Å². The average Bonchev–Trinajstić information content (AvgIpc) is 2.43. The molecule has 0 saturated heterocycles. The summed E-state index contributed by atoms with van der Waals surface area (Å²) in [5.41, 5.74) is 1.48. The first-order chi connectivity index (χ1) is 9.51. The van der Waals surface area contributed by atoms with Crippen molar-refractivity contribution in [2.45, 2.75) is 17.9 Å². The van der Waals surface area contributed by atoms with E-state index in [1.165, 1.54) is 23.9 Å². The molecule has 0 radical (unpaired) electrons. The van der Waals surface area contributed by atoms with Crippen molar-refractivity contribution in [3.8, 4) is 0 Å². The molecular formula is C13H14N2O4S. The molecule has 0 fully saturated rings. The fourth-order valence-electron chi connectivity index (χ4n) is 1.78. The van der Waals surface area contributed by atoms with Gasteiger partial charge in [0.15, 0.2) is 0 Å². The fraction of sp³-hybridized carbons (Fsp3) is 0.308. The van der Waals surface area contributed by atoms with Gasteiger partial charge in [-0.05, 0) is 19.1 Å². The number of nitrogens with zero attached hydrogens (tertiary/aromatic N) is 2. The number of nitro benzene ring substituents is 1. The van der Waals surface area contributed by atoms with Gasteiger partial charge in [0.05, 0.1) is 23.2 Å². The summed E-state index contributed by atoms with van der Waals surface area (Å²) < 4.78 is 0. The van der Waals surface area contributed by atoms with Gasteiger partial charge in [-0.15, -0.1) is 11.8 Å². The lowest BCUT2D eigenvalue weighted by Gasteiger charge is -2.10. The molecule has 1 heterocycles. The highest BCUT2D eigenvalue weighted by molar-refractivity contribution is 7.99. The summed E-state index contributed by atoms with van der Waals surface area (Å²) in [4.78, 5) is 15.5. The van der Waals surface area contributed by atoms with E-state index in [-0.39, 0.29) is 12.3 Å². The Hall–Kier alpha value is -1.70. The Morgan fingerprint density at radius 1 is 1.45 bits per heavy atom. The second kappa shape index (κ2) is 6.17. The molecule has 0 bridgehead atoms. The molecule has 1 aromatic heterocycles. The number of aliphatic hydroxyl groups is 2. The third-order valence-electron chi connectivity index (χ3n) is 2.74. The first-order valence-corrected chi connectivity index (χ1v) is 6.97. The van der Waals surface area contributed by atoms with Crippen molar-refractivity contribution in [2.24, 2.45) is 0 Å². The monoisotopic (exact) mass is 294 g/mol. The summed E-state index contributed by atoms with van der Waals surface area (Å²) in [5.74, 6) is 0.317. The number of fused-ring (bicyclic) bond motifs is 1. The average molecular weight is 294 g/mol. The van der Waals surface area contributed by atoms with E-state index in [2.05, 4.69) is 4.98 Å². The van der Waals surface area contributed by atoms with Crippen LogP contribution in [0.5, 0.6) is 0 Å². The van der Waals surface area contributed by atoms with Crippen molar-refractivity contribution >= 4 is 28.4 Å². The van der Waals surface area contributed by atoms with E-state index >= 15 is 0 Å². The van der Waals surface area contributed by atoms with Gasteiger partial charge >= 0.3 is 0 Å². The maximum absolute atomic E-state index is 10.8. The van der Waals surface area contributed by atoms with Crippen LogP contribution in [0.2, 0.25) is 0 Å². The topological polar surface area (TPSA) is 96.5 Å². The minimum absolute atomic E-state index is 0.00714. The quantitative estimate of drug-likeness (QED) is 0.496. The molecule has 1 unspecified atom stereocenters. The highest BCUT2D eigenvalue weighted by Gasteiger charge is 2.12. The highest BCUT2D eigenvalue weighted by atomic mass is 32.2. The molecular weight excluding hydrogens is 280 g/mol. The fourth-order valence-corrected chi connectivity index (χ4v) is 2.83. The maximum atomic E-state index is 10.8. The van der Waals surface area contributed by atoms with Crippen LogP contribution in [0.3, 0.4) is 0 Å². The van der Waals surface area contributed by atoms with Crippen LogP contribution in [0.1, 0.15) is 5.69 Å². The molecule has 0 aliphatic carbocycles. The largest absolute Gasteiger partial charge is 0.394 e. The minimum Gasteiger partial charge on any atom is -0.394 e. The van der Waals surface area contributed by atoms with Crippen molar-refractivity contribution in [1.82, 2.24) is 4.98 Å². The molecule has 0 aliphatic rings. The van der Waals surface area contributed by atoms with E-state index < -0.39 is 11.0 Å². The van der Waals surface area contributed by atoms with Crippen LogP contribution in [-0.2, 0) is 0 Å². The molecule has 0 aliphatic heterocycles. The Balaban J connectivity index is 2.44. The zero-order valence-corrected chi connectivity index (χ0v) is 11.6. The van der Waals surface area contributed by atoms with Gasteiger partial charge in [-0.2, -0.15) is 0 Å². The molecule has 2 rings (SSSR count). The normalized spacial score (nSPS) is 12.6. The number of aromatic nitrogens is 1. The summed E-state index contributed by atoms with van der Waals surface area (Å²) in [6.07, 6.45) is -0.817. The SMILES string of the molecule is Cc1cc(SCC(O)CO)c2cc([N+](=O)[O-])ccc2n1. The van der Waals surface area contributed by atoms with Gasteiger partial charge in [0.25, 0.3) is 5.69 Å². The maximum Gasteiger partial charge on any atom is 0.270 e. The lowest BCUT2D eigenvalue weighted by molar-refractivity contribution is -0.384. The number of nitro groups is 1. The van der Waals surface area contributed by atoms with Gasteiger partial charge in [-0.1, -0.05) is 0 Å². The van der Waals surface area contributed by atoms with Crippen molar-refractivity contribution < 1.29 is 15.1 Å². The number of pyridine rings is 1. The third-order valence-corrected chi connectivity index (χ3v) is 3.94. The van der Waals surface area contributed by atoms with E-state index in [4.69, 9.17) is 5.11 Å². The second-order valence-electron chi connectivity index (χ2n) is 4.37.